The predicted molar refractivity (Wildman–Crippen MR) is 120 cm³/mol. The minimum Gasteiger partial charge on any atom is -0.489 e. The maximum absolute atomic E-state index is 15.1. The van der Waals surface area contributed by atoms with Crippen molar-refractivity contribution in [2.24, 2.45) is 11.8 Å². The van der Waals surface area contributed by atoms with Gasteiger partial charge in [0.1, 0.15) is 18.2 Å². The van der Waals surface area contributed by atoms with Gasteiger partial charge in [0.05, 0.1) is 6.10 Å². The fourth-order valence-electron chi connectivity index (χ4n) is 5.56. The average molecular weight is 445 g/mol. The van der Waals surface area contributed by atoms with Gasteiger partial charge in [0.15, 0.2) is 11.6 Å². The largest absolute Gasteiger partial charge is 0.489 e. The highest BCUT2D eigenvalue weighted by molar-refractivity contribution is 5.66. The molecular weight excluding hydrogens is 413 g/mol. The van der Waals surface area contributed by atoms with Crippen molar-refractivity contribution in [3.63, 3.8) is 0 Å². The Kier molecular flexibility index (Phi) is 7.24. The number of halogens is 3. The van der Waals surface area contributed by atoms with Crippen molar-refractivity contribution in [3.05, 3.63) is 66.0 Å². The van der Waals surface area contributed by atoms with E-state index in [1.807, 2.05) is 6.92 Å². The molecule has 2 nitrogen and oxygen atoms in total. The first-order valence-corrected chi connectivity index (χ1v) is 11.6. The summed E-state index contributed by atoms with van der Waals surface area (Å²) in [6.45, 7) is 6.56. The van der Waals surface area contributed by atoms with Crippen molar-refractivity contribution in [1.29, 1.82) is 0 Å². The summed E-state index contributed by atoms with van der Waals surface area (Å²) in [5.74, 6) is -1.01. The molecule has 0 heterocycles. The van der Waals surface area contributed by atoms with Crippen LogP contribution in [0.25, 0.3) is 11.1 Å². The van der Waals surface area contributed by atoms with E-state index in [9.17, 15) is 4.39 Å². The summed E-state index contributed by atoms with van der Waals surface area (Å²) in [6.07, 6.45) is 7.84. The Morgan fingerprint density at radius 3 is 2.44 bits per heavy atom. The smallest absolute Gasteiger partial charge is 0.167 e. The van der Waals surface area contributed by atoms with Crippen LogP contribution in [0.5, 0.6) is 5.75 Å². The lowest BCUT2D eigenvalue weighted by Crippen LogP contribution is -2.34. The number of benzene rings is 2. The standard InChI is InChI=1S/C27H31F3O2/c1-3-13-32-21-9-10-23(25(28)16-21)24-12-11-22(26(29)27(24)30)19-6-5-18-15-20(31-4-2)8-7-17(18)14-19/h3,9-12,16-20H,1,4-8,13-15H2,2H3. The van der Waals surface area contributed by atoms with Crippen LogP contribution < -0.4 is 4.74 Å². The third-order valence-corrected chi connectivity index (χ3v) is 7.12. The molecule has 2 aromatic carbocycles. The van der Waals surface area contributed by atoms with E-state index < -0.39 is 17.5 Å². The molecule has 2 saturated carbocycles. The predicted octanol–water partition coefficient (Wildman–Crippen LogP) is 7.42. The minimum atomic E-state index is -0.983. The lowest BCUT2D eigenvalue weighted by atomic mass is 9.65. The summed E-state index contributed by atoms with van der Waals surface area (Å²) < 4.78 is 55.9. The maximum Gasteiger partial charge on any atom is 0.167 e. The van der Waals surface area contributed by atoms with Gasteiger partial charge in [-0.15, -0.1) is 0 Å². The normalized spacial score (nSPS) is 25.2. The van der Waals surface area contributed by atoms with Gasteiger partial charge >= 0.3 is 0 Å². The first-order valence-electron chi connectivity index (χ1n) is 11.6. The Morgan fingerprint density at radius 1 is 0.938 bits per heavy atom. The van der Waals surface area contributed by atoms with Gasteiger partial charge in [0.2, 0.25) is 0 Å². The summed E-state index contributed by atoms with van der Waals surface area (Å²) in [7, 11) is 0. The number of hydrogen-bond donors (Lipinski definition) is 0. The van der Waals surface area contributed by atoms with E-state index in [0.29, 0.717) is 29.3 Å². The van der Waals surface area contributed by atoms with Crippen molar-refractivity contribution in [2.45, 2.75) is 57.5 Å². The molecule has 4 atom stereocenters. The van der Waals surface area contributed by atoms with E-state index in [2.05, 4.69) is 6.58 Å². The first kappa shape index (κ1) is 22.9. The average Bonchev–Trinajstić information content (AvgIpc) is 2.80. The van der Waals surface area contributed by atoms with Gasteiger partial charge in [0.25, 0.3) is 0 Å². The zero-order valence-electron chi connectivity index (χ0n) is 18.6. The van der Waals surface area contributed by atoms with Crippen LogP contribution in [0.1, 0.15) is 56.9 Å². The van der Waals surface area contributed by atoms with E-state index in [-0.39, 0.29) is 23.7 Å². The molecule has 0 bridgehead atoms. The second kappa shape index (κ2) is 10.1. The number of fused-ring (bicyclic) bond motifs is 1. The van der Waals surface area contributed by atoms with Crippen LogP contribution >= 0.6 is 0 Å². The quantitative estimate of drug-likeness (QED) is 0.414. The van der Waals surface area contributed by atoms with E-state index >= 15 is 8.78 Å². The van der Waals surface area contributed by atoms with Crippen LogP contribution in [0.4, 0.5) is 13.2 Å². The number of hydrogen-bond acceptors (Lipinski definition) is 2. The van der Waals surface area contributed by atoms with Gasteiger partial charge < -0.3 is 9.47 Å². The Labute approximate surface area is 188 Å². The monoisotopic (exact) mass is 444 g/mol. The second-order valence-electron chi connectivity index (χ2n) is 8.99. The zero-order valence-corrected chi connectivity index (χ0v) is 18.6. The van der Waals surface area contributed by atoms with Crippen molar-refractivity contribution < 1.29 is 22.6 Å². The lowest BCUT2D eigenvalue weighted by Gasteiger charge is -2.42. The second-order valence-corrected chi connectivity index (χ2v) is 8.99. The molecule has 172 valence electrons. The number of ether oxygens (including phenoxy) is 2. The molecule has 4 unspecified atom stereocenters. The van der Waals surface area contributed by atoms with Crippen LogP contribution in [0.15, 0.2) is 43.0 Å². The minimum absolute atomic E-state index is 0.00275. The van der Waals surface area contributed by atoms with E-state index in [0.717, 1.165) is 45.1 Å². The molecule has 0 radical (unpaired) electrons. The molecular formula is C27H31F3O2. The molecule has 2 aliphatic carbocycles. The Balaban J connectivity index is 1.51. The van der Waals surface area contributed by atoms with E-state index in [1.165, 1.54) is 18.2 Å². The summed E-state index contributed by atoms with van der Waals surface area (Å²) in [5, 5.41) is 0. The molecule has 2 aliphatic rings. The highest BCUT2D eigenvalue weighted by Crippen LogP contribution is 2.47. The van der Waals surface area contributed by atoms with Crippen LogP contribution in [-0.4, -0.2) is 19.3 Å². The third-order valence-electron chi connectivity index (χ3n) is 7.12. The van der Waals surface area contributed by atoms with Gasteiger partial charge in [-0.3, -0.25) is 0 Å². The van der Waals surface area contributed by atoms with E-state index in [4.69, 9.17) is 9.47 Å². The zero-order chi connectivity index (χ0) is 22.7. The first-order chi connectivity index (χ1) is 15.5. The summed E-state index contributed by atoms with van der Waals surface area (Å²) >= 11 is 0. The molecule has 0 spiro atoms. The fourth-order valence-corrected chi connectivity index (χ4v) is 5.56. The Bertz CT molecular complexity index is 958. The number of rotatable bonds is 7. The molecule has 0 N–H and O–H groups in total. The topological polar surface area (TPSA) is 18.5 Å². The third kappa shape index (κ3) is 4.73. The molecule has 32 heavy (non-hydrogen) atoms. The van der Waals surface area contributed by atoms with Gasteiger partial charge in [-0.1, -0.05) is 24.8 Å². The van der Waals surface area contributed by atoms with Crippen molar-refractivity contribution in [1.82, 2.24) is 0 Å². The Hall–Kier alpha value is -2.27. The molecule has 0 aromatic heterocycles. The molecule has 0 amide bonds. The SMILES string of the molecule is C=CCOc1ccc(-c2ccc(C3CCC4CC(OCC)CCC4C3)c(F)c2F)c(F)c1. The van der Waals surface area contributed by atoms with Gasteiger partial charge in [-0.2, -0.15) is 0 Å². The van der Waals surface area contributed by atoms with Crippen LogP contribution in [0.3, 0.4) is 0 Å². The fraction of sp³-hybridized carbons (Fsp3) is 0.481. The molecule has 5 heteroatoms. The Morgan fingerprint density at radius 2 is 1.69 bits per heavy atom. The molecule has 2 aromatic rings. The lowest BCUT2D eigenvalue weighted by molar-refractivity contribution is -0.00970. The van der Waals surface area contributed by atoms with Crippen LogP contribution in [0.2, 0.25) is 0 Å². The van der Waals surface area contributed by atoms with Gasteiger partial charge in [0, 0.05) is 23.8 Å². The van der Waals surface area contributed by atoms with Crippen molar-refractivity contribution in [3.8, 4) is 16.9 Å². The summed E-state index contributed by atoms with van der Waals surface area (Å²) in [5.41, 5.74) is 0.379. The summed E-state index contributed by atoms with van der Waals surface area (Å²) in [4.78, 5) is 0. The van der Waals surface area contributed by atoms with E-state index in [1.54, 1.807) is 18.2 Å². The van der Waals surface area contributed by atoms with Gasteiger partial charge in [-0.25, -0.2) is 13.2 Å². The molecule has 2 fully saturated rings. The molecule has 0 saturated heterocycles. The van der Waals surface area contributed by atoms with Crippen molar-refractivity contribution >= 4 is 0 Å². The van der Waals surface area contributed by atoms with Crippen LogP contribution in [0, 0.1) is 29.3 Å². The maximum atomic E-state index is 15.1. The van der Waals surface area contributed by atoms with Crippen LogP contribution in [-0.2, 0) is 4.74 Å². The molecule has 0 aliphatic heterocycles. The highest BCUT2D eigenvalue weighted by atomic mass is 19.2. The highest BCUT2D eigenvalue weighted by Gasteiger charge is 2.37. The van der Waals surface area contributed by atoms with Crippen molar-refractivity contribution in [2.75, 3.05) is 13.2 Å². The summed E-state index contributed by atoms with van der Waals surface area (Å²) in [6, 6.07) is 7.31. The van der Waals surface area contributed by atoms with Gasteiger partial charge in [-0.05, 0) is 80.9 Å². The molecule has 4 rings (SSSR count).